The fourth-order valence-corrected chi connectivity index (χ4v) is 12.2. The number of nitrogens with zero attached hydrogens (tertiary/aromatic N) is 2. The highest BCUT2D eigenvalue weighted by Gasteiger charge is 2.39. The first-order chi connectivity index (χ1) is 27.0. The van der Waals surface area contributed by atoms with Crippen molar-refractivity contribution in [3.05, 3.63) is 193 Å². The molecule has 1 atom stereocenters. The SMILES string of the molecule is CCCCCC(CC)(c1ccc(N(c2ccccc2)c2ccccc2)cc1)c1ccc(N(c2ccccc2)c2cccc3c2-c2ccccc2[Si]3(C)C)cc1. The molecule has 3 heteroatoms. The predicted molar refractivity (Wildman–Crippen MR) is 240 cm³/mol. The average molecular weight is 733 g/mol. The molecule has 0 bridgehead atoms. The van der Waals surface area contributed by atoms with Crippen molar-refractivity contribution in [3.63, 3.8) is 0 Å². The van der Waals surface area contributed by atoms with Crippen LogP contribution in [0, 0.1) is 0 Å². The summed E-state index contributed by atoms with van der Waals surface area (Å²) in [6.07, 6.45) is 5.77. The molecule has 0 saturated heterocycles. The molecule has 0 radical (unpaired) electrons. The fraction of sp³-hybridized carbons (Fsp3) is 0.192. The highest BCUT2D eigenvalue weighted by molar-refractivity contribution is 7.04. The predicted octanol–water partition coefficient (Wildman–Crippen LogP) is 13.7. The molecule has 7 aromatic rings. The van der Waals surface area contributed by atoms with Gasteiger partial charge in [-0.25, -0.2) is 0 Å². The monoisotopic (exact) mass is 732 g/mol. The fourth-order valence-electron chi connectivity index (χ4n) is 9.10. The van der Waals surface area contributed by atoms with Crippen LogP contribution < -0.4 is 20.2 Å². The number of para-hydroxylation sites is 3. The van der Waals surface area contributed by atoms with Crippen molar-refractivity contribution in [1.82, 2.24) is 0 Å². The number of anilines is 6. The van der Waals surface area contributed by atoms with E-state index in [0.29, 0.717) is 0 Å². The van der Waals surface area contributed by atoms with Gasteiger partial charge in [-0.15, -0.1) is 0 Å². The second kappa shape index (κ2) is 15.6. The number of benzene rings is 7. The molecule has 274 valence electrons. The Kier molecular flexibility index (Phi) is 10.3. The van der Waals surface area contributed by atoms with Gasteiger partial charge >= 0.3 is 0 Å². The molecule has 0 amide bonds. The molecule has 1 heterocycles. The summed E-state index contributed by atoms with van der Waals surface area (Å²) in [4.78, 5) is 4.83. The van der Waals surface area contributed by atoms with Crippen molar-refractivity contribution in [2.45, 2.75) is 64.5 Å². The number of rotatable bonds is 13. The van der Waals surface area contributed by atoms with Gasteiger partial charge in [-0.1, -0.05) is 161 Å². The van der Waals surface area contributed by atoms with Crippen LogP contribution in [0.3, 0.4) is 0 Å². The normalized spacial score (nSPS) is 13.7. The van der Waals surface area contributed by atoms with Crippen LogP contribution in [0.4, 0.5) is 34.1 Å². The summed E-state index contributed by atoms with van der Waals surface area (Å²) in [5, 5.41) is 3.05. The molecule has 1 unspecified atom stereocenters. The molecule has 8 rings (SSSR count). The Morgan fingerprint density at radius 1 is 0.436 bits per heavy atom. The minimum atomic E-state index is -1.83. The van der Waals surface area contributed by atoms with E-state index < -0.39 is 8.07 Å². The third-order valence-corrected chi connectivity index (χ3v) is 15.6. The van der Waals surface area contributed by atoms with E-state index in [4.69, 9.17) is 0 Å². The number of fused-ring (bicyclic) bond motifs is 3. The van der Waals surface area contributed by atoms with E-state index in [-0.39, 0.29) is 5.41 Å². The molecule has 0 saturated carbocycles. The van der Waals surface area contributed by atoms with E-state index in [1.165, 1.54) is 69.0 Å². The summed E-state index contributed by atoms with van der Waals surface area (Å²) in [6.45, 7) is 9.68. The maximum Gasteiger partial charge on any atom is 0.113 e. The Morgan fingerprint density at radius 3 is 1.42 bits per heavy atom. The first kappa shape index (κ1) is 36.3. The number of hydrogen-bond donors (Lipinski definition) is 0. The van der Waals surface area contributed by atoms with Crippen LogP contribution in [-0.4, -0.2) is 8.07 Å². The standard InChI is InChI=1S/C52H52N2Si/c1-5-7-19-39-52(6-2,40-31-35-45(36-32-40)53(42-21-11-8-12-22-42)43-23-13-9-14-24-43)41-33-37-46(38-34-41)54(44-25-15-10-16-26-44)48-28-20-30-50-51(48)47-27-17-18-29-49(47)55(50,3)4/h8-18,20-38H,5-7,19,39H2,1-4H3. The Labute approximate surface area is 329 Å². The van der Waals surface area contributed by atoms with Crippen LogP contribution in [-0.2, 0) is 5.41 Å². The number of unbranched alkanes of at least 4 members (excludes halogenated alkanes) is 2. The van der Waals surface area contributed by atoms with Crippen molar-refractivity contribution in [2.75, 3.05) is 9.80 Å². The van der Waals surface area contributed by atoms with Crippen molar-refractivity contribution >= 4 is 52.6 Å². The zero-order chi connectivity index (χ0) is 37.8. The van der Waals surface area contributed by atoms with Gasteiger partial charge in [0, 0.05) is 39.4 Å². The lowest BCUT2D eigenvalue weighted by atomic mass is 9.69. The topological polar surface area (TPSA) is 6.48 Å². The molecule has 0 spiro atoms. The molecule has 2 nitrogen and oxygen atoms in total. The molecule has 1 aliphatic heterocycles. The van der Waals surface area contributed by atoms with Gasteiger partial charge in [0.15, 0.2) is 0 Å². The lowest BCUT2D eigenvalue weighted by molar-refractivity contribution is 0.431. The highest BCUT2D eigenvalue weighted by Crippen LogP contribution is 2.46. The second-order valence-electron chi connectivity index (χ2n) is 15.5. The average Bonchev–Trinajstić information content (AvgIpc) is 3.48. The van der Waals surface area contributed by atoms with Crippen molar-refractivity contribution in [1.29, 1.82) is 0 Å². The Balaban J connectivity index is 1.21. The van der Waals surface area contributed by atoms with Gasteiger partial charge in [0.05, 0.1) is 5.69 Å². The van der Waals surface area contributed by atoms with E-state index in [1.54, 1.807) is 0 Å². The minimum absolute atomic E-state index is 0.101. The van der Waals surface area contributed by atoms with Gasteiger partial charge in [-0.05, 0) is 107 Å². The van der Waals surface area contributed by atoms with Crippen molar-refractivity contribution in [2.24, 2.45) is 0 Å². The van der Waals surface area contributed by atoms with E-state index in [1.807, 2.05) is 0 Å². The van der Waals surface area contributed by atoms with E-state index in [0.717, 1.165) is 29.9 Å². The van der Waals surface area contributed by atoms with Gasteiger partial charge < -0.3 is 9.80 Å². The van der Waals surface area contributed by atoms with Crippen LogP contribution in [0.25, 0.3) is 11.1 Å². The molecule has 0 N–H and O–H groups in total. The smallest absolute Gasteiger partial charge is 0.113 e. The van der Waals surface area contributed by atoms with Gasteiger partial charge in [0.25, 0.3) is 0 Å². The Morgan fingerprint density at radius 2 is 0.891 bits per heavy atom. The van der Waals surface area contributed by atoms with Crippen LogP contribution >= 0.6 is 0 Å². The second-order valence-corrected chi connectivity index (χ2v) is 19.9. The molecule has 55 heavy (non-hydrogen) atoms. The summed E-state index contributed by atoms with van der Waals surface area (Å²) >= 11 is 0. The van der Waals surface area contributed by atoms with Crippen LogP contribution in [0.15, 0.2) is 182 Å². The van der Waals surface area contributed by atoms with Gasteiger partial charge in [-0.3, -0.25) is 0 Å². The molecule has 0 fully saturated rings. The molecule has 0 aliphatic carbocycles. The summed E-state index contributed by atoms with van der Waals surface area (Å²) in [7, 11) is -1.83. The Bertz CT molecular complexity index is 2300. The van der Waals surface area contributed by atoms with Gasteiger partial charge in [-0.2, -0.15) is 0 Å². The largest absolute Gasteiger partial charge is 0.311 e. The molecule has 0 aromatic heterocycles. The van der Waals surface area contributed by atoms with Crippen LogP contribution in [0.2, 0.25) is 13.1 Å². The Hall–Kier alpha value is -5.64. The van der Waals surface area contributed by atoms with Crippen molar-refractivity contribution < 1.29 is 0 Å². The molecule has 1 aliphatic rings. The third-order valence-electron chi connectivity index (χ3n) is 12.0. The summed E-state index contributed by atoms with van der Waals surface area (Å²) in [6, 6.07) is 67.4. The minimum Gasteiger partial charge on any atom is -0.311 e. The van der Waals surface area contributed by atoms with Crippen molar-refractivity contribution in [3.8, 4) is 11.1 Å². The maximum absolute atomic E-state index is 2.50. The third kappa shape index (κ3) is 6.72. The van der Waals surface area contributed by atoms with Crippen LogP contribution in [0.1, 0.15) is 57.1 Å². The molecular weight excluding hydrogens is 681 g/mol. The highest BCUT2D eigenvalue weighted by atomic mass is 28.3. The lowest BCUT2D eigenvalue weighted by Crippen LogP contribution is -2.49. The zero-order valence-corrected chi connectivity index (χ0v) is 33.8. The molecular formula is C52H52N2Si. The quantitative estimate of drug-likeness (QED) is 0.0860. The molecule has 7 aromatic carbocycles. The van der Waals surface area contributed by atoms with E-state index in [9.17, 15) is 0 Å². The van der Waals surface area contributed by atoms with E-state index >= 15 is 0 Å². The van der Waals surface area contributed by atoms with Gasteiger partial charge in [0.1, 0.15) is 8.07 Å². The maximum atomic E-state index is 2.50. The summed E-state index contributed by atoms with van der Waals surface area (Å²) in [5.41, 5.74) is 12.5. The number of hydrogen-bond acceptors (Lipinski definition) is 2. The zero-order valence-electron chi connectivity index (χ0n) is 32.8. The lowest BCUT2D eigenvalue weighted by Gasteiger charge is -2.36. The first-order valence-corrected chi connectivity index (χ1v) is 23.2. The summed E-state index contributed by atoms with van der Waals surface area (Å²) in [5.74, 6) is 0. The van der Waals surface area contributed by atoms with Crippen LogP contribution in [0.5, 0.6) is 0 Å². The van der Waals surface area contributed by atoms with Gasteiger partial charge in [0.2, 0.25) is 0 Å². The summed E-state index contributed by atoms with van der Waals surface area (Å²) < 4.78 is 0. The first-order valence-electron chi connectivity index (χ1n) is 20.2. The van der Waals surface area contributed by atoms with E-state index in [2.05, 4.69) is 219 Å².